The Kier molecular flexibility index (Phi) is 4.10. The predicted octanol–water partition coefficient (Wildman–Crippen LogP) is 2.41. The first-order valence-electron chi connectivity index (χ1n) is 7.87. The minimum absolute atomic E-state index is 0.573. The van der Waals surface area contributed by atoms with Crippen LogP contribution in [0, 0.1) is 20.8 Å². The summed E-state index contributed by atoms with van der Waals surface area (Å²) in [6.07, 6.45) is 2.51. The van der Waals surface area contributed by atoms with Gasteiger partial charge in [0.05, 0.1) is 17.9 Å². The molecule has 1 unspecified atom stereocenters. The lowest BCUT2D eigenvalue weighted by molar-refractivity contribution is 0.196. The van der Waals surface area contributed by atoms with Crippen molar-refractivity contribution in [3.63, 3.8) is 0 Å². The lowest BCUT2D eigenvalue weighted by Gasteiger charge is -2.31. The molecule has 1 saturated heterocycles. The maximum absolute atomic E-state index is 4.55. The van der Waals surface area contributed by atoms with E-state index < -0.39 is 0 Å². The van der Waals surface area contributed by atoms with Crippen molar-refractivity contribution in [3.8, 4) is 0 Å². The van der Waals surface area contributed by atoms with Crippen LogP contribution in [0.3, 0.4) is 0 Å². The van der Waals surface area contributed by atoms with E-state index in [0.29, 0.717) is 5.92 Å². The Labute approximate surface area is 126 Å². The predicted molar refractivity (Wildman–Crippen MR) is 83.4 cm³/mol. The fraction of sp³-hybridized carbons (Fsp3) is 0.625. The number of rotatable bonds is 4. The average Bonchev–Trinajstić information content (AvgIpc) is 3.03. The summed E-state index contributed by atoms with van der Waals surface area (Å²) >= 11 is 0. The fourth-order valence-electron chi connectivity index (χ4n) is 3.29. The summed E-state index contributed by atoms with van der Waals surface area (Å²) in [5.41, 5.74) is 4.74. The molecule has 1 aliphatic rings. The smallest absolute Gasteiger partial charge is 0.0668 e. The van der Waals surface area contributed by atoms with Crippen molar-refractivity contribution in [2.45, 2.75) is 46.1 Å². The lowest BCUT2D eigenvalue weighted by atomic mass is 9.95. The van der Waals surface area contributed by atoms with Gasteiger partial charge in [-0.15, -0.1) is 0 Å². The van der Waals surface area contributed by atoms with E-state index in [4.69, 9.17) is 0 Å². The Morgan fingerprint density at radius 1 is 1.24 bits per heavy atom. The van der Waals surface area contributed by atoms with E-state index in [1.807, 2.05) is 0 Å². The zero-order valence-electron chi connectivity index (χ0n) is 13.3. The first-order chi connectivity index (χ1) is 10.1. The molecule has 3 heterocycles. The molecule has 0 bridgehead atoms. The van der Waals surface area contributed by atoms with Crippen LogP contribution in [0.4, 0.5) is 0 Å². The van der Waals surface area contributed by atoms with Crippen molar-refractivity contribution in [2.75, 3.05) is 19.6 Å². The number of H-pyrrole nitrogens is 1. The van der Waals surface area contributed by atoms with Gasteiger partial charge in [0.2, 0.25) is 0 Å². The Bertz CT molecular complexity index is 598. The number of aromatic nitrogens is 4. The molecule has 21 heavy (non-hydrogen) atoms. The first-order valence-corrected chi connectivity index (χ1v) is 7.87. The molecule has 0 spiro atoms. The second kappa shape index (κ2) is 6.02. The van der Waals surface area contributed by atoms with E-state index in [2.05, 4.69) is 57.8 Å². The van der Waals surface area contributed by atoms with Gasteiger partial charge < -0.3 is 4.90 Å². The molecule has 0 aromatic carbocycles. The second-order valence-corrected chi connectivity index (χ2v) is 6.27. The number of hydrogen-bond acceptors (Lipinski definition) is 3. The van der Waals surface area contributed by atoms with Gasteiger partial charge in [0, 0.05) is 30.4 Å². The summed E-state index contributed by atoms with van der Waals surface area (Å²) in [4.78, 5) is 2.55. The Morgan fingerprint density at radius 3 is 2.76 bits per heavy atom. The third-order valence-electron chi connectivity index (χ3n) is 4.38. The highest BCUT2D eigenvalue weighted by molar-refractivity contribution is 5.13. The SMILES string of the molecule is Cc1cc(C)n(CCN2CCCC(c3cc(C)[nH]n3)C2)n1. The van der Waals surface area contributed by atoms with Crippen LogP contribution in [0.1, 0.15) is 41.5 Å². The molecule has 2 aromatic heterocycles. The fourth-order valence-corrected chi connectivity index (χ4v) is 3.29. The molecular formula is C16H25N5. The number of aromatic amines is 1. The zero-order chi connectivity index (χ0) is 14.8. The topological polar surface area (TPSA) is 49.7 Å². The van der Waals surface area contributed by atoms with Crippen LogP contribution in [-0.2, 0) is 6.54 Å². The van der Waals surface area contributed by atoms with Crippen molar-refractivity contribution >= 4 is 0 Å². The van der Waals surface area contributed by atoms with Crippen molar-refractivity contribution in [1.29, 1.82) is 0 Å². The molecule has 5 nitrogen and oxygen atoms in total. The molecule has 114 valence electrons. The van der Waals surface area contributed by atoms with Crippen molar-refractivity contribution in [1.82, 2.24) is 24.9 Å². The molecule has 0 saturated carbocycles. The molecule has 1 fully saturated rings. The highest BCUT2D eigenvalue weighted by Gasteiger charge is 2.23. The first kappa shape index (κ1) is 14.3. The summed E-state index contributed by atoms with van der Waals surface area (Å²) in [5.74, 6) is 0.573. The molecule has 5 heteroatoms. The van der Waals surface area contributed by atoms with Crippen LogP contribution in [0.15, 0.2) is 12.1 Å². The summed E-state index contributed by atoms with van der Waals surface area (Å²) in [7, 11) is 0. The van der Waals surface area contributed by atoms with Crippen LogP contribution < -0.4 is 0 Å². The molecule has 0 radical (unpaired) electrons. The van der Waals surface area contributed by atoms with E-state index in [0.717, 1.165) is 31.0 Å². The van der Waals surface area contributed by atoms with Gasteiger partial charge in [-0.1, -0.05) is 0 Å². The normalized spacial score (nSPS) is 20.0. The Morgan fingerprint density at radius 2 is 2.10 bits per heavy atom. The third kappa shape index (κ3) is 3.35. The highest BCUT2D eigenvalue weighted by atomic mass is 15.3. The van der Waals surface area contributed by atoms with Gasteiger partial charge in [0.1, 0.15) is 0 Å². The van der Waals surface area contributed by atoms with E-state index in [1.54, 1.807) is 0 Å². The van der Waals surface area contributed by atoms with Gasteiger partial charge in [0.15, 0.2) is 0 Å². The van der Waals surface area contributed by atoms with E-state index in [-0.39, 0.29) is 0 Å². The van der Waals surface area contributed by atoms with Crippen molar-refractivity contribution in [2.24, 2.45) is 0 Å². The van der Waals surface area contributed by atoms with Crippen LogP contribution in [0.5, 0.6) is 0 Å². The van der Waals surface area contributed by atoms with Gasteiger partial charge in [0.25, 0.3) is 0 Å². The number of likely N-dealkylation sites (tertiary alicyclic amines) is 1. The molecule has 3 rings (SSSR count). The average molecular weight is 287 g/mol. The summed E-state index contributed by atoms with van der Waals surface area (Å²) in [5, 5.41) is 12.1. The molecule has 1 N–H and O–H groups in total. The molecule has 1 atom stereocenters. The van der Waals surface area contributed by atoms with Gasteiger partial charge in [-0.05, 0) is 52.3 Å². The zero-order valence-corrected chi connectivity index (χ0v) is 13.3. The Hall–Kier alpha value is -1.62. The van der Waals surface area contributed by atoms with Gasteiger partial charge in [-0.3, -0.25) is 9.78 Å². The van der Waals surface area contributed by atoms with E-state index in [1.165, 1.54) is 30.8 Å². The van der Waals surface area contributed by atoms with Crippen LogP contribution in [-0.4, -0.2) is 44.5 Å². The van der Waals surface area contributed by atoms with E-state index in [9.17, 15) is 0 Å². The number of hydrogen-bond donors (Lipinski definition) is 1. The lowest BCUT2D eigenvalue weighted by Crippen LogP contribution is -2.36. The van der Waals surface area contributed by atoms with Gasteiger partial charge >= 0.3 is 0 Å². The maximum atomic E-state index is 4.55. The van der Waals surface area contributed by atoms with Gasteiger partial charge in [-0.2, -0.15) is 10.2 Å². The summed E-state index contributed by atoms with van der Waals surface area (Å²) in [6.45, 7) is 10.6. The minimum atomic E-state index is 0.573. The number of piperidine rings is 1. The molecule has 0 aliphatic carbocycles. The number of aryl methyl sites for hydroxylation is 3. The summed E-state index contributed by atoms with van der Waals surface area (Å²) < 4.78 is 2.12. The van der Waals surface area contributed by atoms with E-state index >= 15 is 0 Å². The van der Waals surface area contributed by atoms with Crippen LogP contribution >= 0.6 is 0 Å². The maximum Gasteiger partial charge on any atom is 0.0668 e. The van der Waals surface area contributed by atoms with Crippen molar-refractivity contribution < 1.29 is 0 Å². The Balaban J connectivity index is 1.57. The van der Waals surface area contributed by atoms with Gasteiger partial charge in [-0.25, -0.2) is 0 Å². The molecule has 1 aliphatic heterocycles. The molecular weight excluding hydrogens is 262 g/mol. The largest absolute Gasteiger partial charge is 0.301 e. The number of nitrogens with zero attached hydrogens (tertiary/aromatic N) is 4. The monoisotopic (exact) mass is 287 g/mol. The standard InChI is InChI=1S/C16H25N5/c1-12-10-16(18-17-12)15-5-4-6-20(11-15)7-8-21-14(3)9-13(2)19-21/h9-10,15H,4-8,11H2,1-3H3,(H,17,18). The van der Waals surface area contributed by atoms with Crippen LogP contribution in [0.2, 0.25) is 0 Å². The quantitative estimate of drug-likeness (QED) is 0.939. The number of nitrogens with one attached hydrogen (secondary N) is 1. The molecule has 2 aromatic rings. The summed E-state index contributed by atoms with van der Waals surface area (Å²) in [6, 6.07) is 4.33. The van der Waals surface area contributed by atoms with Crippen molar-refractivity contribution in [3.05, 3.63) is 34.9 Å². The highest BCUT2D eigenvalue weighted by Crippen LogP contribution is 2.25. The van der Waals surface area contributed by atoms with Crippen LogP contribution in [0.25, 0.3) is 0 Å². The second-order valence-electron chi connectivity index (χ2n) is 6.27. The minimum Gasteiger partial charge on any atom is -0.301 e. The molecule has 0 amide bonds. The third-order valence-corrected chi connectivity index (χ3v) is 4.38.